The molecule has 0 spiro atoms. The molecule has 2 heterocycles. The number of nitrogens with zero attached hydrogens (tertiary/aromatic N) is 2. The quantitative estimate of drug-likeness (QED) is 0.842. The second-order valence-corrected chi connectivity index (χ2v) is 7.83. The number of benzene rings is 1. The van der Waals surface area contributed by atoms with Crippen LogP contribution in [0.4, 0.5) is 5.69 Å². The molecule has 1 aromatic rings. The fourth-order valence-corrected chi connectivity index (χ4v) is 3.77. The van der Waals surface area contributed by atoms with E-state index < -0.39 is 0 Å². The molecule has 2 fully saturated rings. The van der Waals surface area contributed by atoms with Crippen molar-refractivity contribution in [2.24, 2.45) is 11.1 Å². The minimum Gasteiger partial charge on any atom is -0.371 e. The van der Waals surface area contributed by atoms with Gasteiger partial charge in [-0.1, -0.05) is 25.5 Å². The first kappa shape index (κ1) is 22.1. The van der Waals surface area contributed by atoms with Crippen LogP contribution >= 0.6 is 24.8 Å². The van der Waals surface area contributed by atoms with Crippen LogP contribution in [0.15, 0.2) is 18.2 Å². The van der Waals surface area contributed by atoms with E-state index >= 15 is 0 Å². The summed E-state index contributed by atoms with van der Waals surface area (Å²) < 4.78 is 0. The van der Waals surface area contributed by atoms with Crippen molar-refractivity contribution < 1.29 is 4.79 Å². The van der Waals surface area contributed by atoms with Gasteiger partial charge in [0.25, 0.3) is 5.91 Å². The van der Waals surface area contributed by atoms with E-state index in [4.69, 9.17) is 5.73 Å². The number of nitrogens with two attached hydrogens (primary N) is 1. The van der Waals surface area contributed by atoms with Crippen molar-refractivity contribution in [3.05, 3.63) is 29.3 Å². The lowest BCUT2D eigenvalue weighted by Crippen LogP contribution is -2.54. The van der Waals surface area contributed by atoms with Gasteiger partial charge in [0.15, 0.2) is 0 Å². The zero-order valence-electron chi connectivity index (χ0n) is 15.5. The van der Waals surface area contributed by atoms with Crippen LogP contribution in [0.5, 0.6) is 0 Å². The largest absolute Gasteiger partial charge is 0.371 e. The molecule has 142 valence electrons. The van der Waals surface area contributed by atoms with Gasteiger partial charge in [0.05, 0.1) is 5.56 Å². The second kappa shape index (κ2) is 8.61. The van der Waals surface area contributed by atoms with Crippen molar-refractivity contribution in [3.63, 3.8) is 0 Å². The van der Waals surface area contributed by atoms with Crippen LogP contribution in [0.2, 0.25) is 0 Å². The molecule has 3 rings (SSSR count). The first-order valence-electron chi connectivity index (χ1n) is 8.79. The van der Waals surface area contributed by atoms with E-state index in [0.29, 0.717) is 0 Å². The van der Waals surface area contributed by atoms with Crippen LogP contribution < -0.4 is 10.6 Å². The summed E-state index contributed by atoms with van der Waals surface area (Å²) in [6.45, 7) is 9.99. The van der Waals surface area contributed by atoms with Crippen molar-refractivity contribution in [2.75, 3.05) is 31.1 Å². The van der Waals surface area contributed by atoms with Gasteiger partial charge in [-0.3, -0.25) is 4.79 Å². The van der Waals surface area contributed by atoms with Crippen LogP contribution in [0.25, 0.3) is 0 Å². The Morgan fingerprint density at radius 3 is 2.40 bits per heavy atom. The number of carbonyl (C=O) groups excluding carboxylic acids is 1. The number of rotatable bonds is 2. The van der Waals surface area contributed by atoms with Crippen LogP contribution in [0, 0.1) is 12.3 Å². The molecule has 0 aliphatic carbocycles. The van der Waals surface area contributed by atoms with Gasteiger partial charge >= 0.3 is 0 Å². The zero-order valence-corrected chi connectivity index (χ0v) is 17.1. The van der Waals surface area contributed by atoms with E-state index in [1.54, 1.807) is 0 Å². The summed E-state index contributed by atoms with van der Waals surface area (Å²) >= 11 is 0. The van der Waals surface area contributed by atoms with Gasteiger partial charge in [-0.15, -0.1) is 24.8 Å². The van der Waals surface area contributed by atoms with Gasteiger partial charge in [-0.25, -0.2) is 0 Å². The maximum Gasteiger partial charge on any atom is 0.255 e. The summed E-state index contributed by atoms with van der Waals surface area (Å²) in [6, 6.07) is 6.45. The molecule has 0 saturated carbocycles. The van der Waals surface area contributed by atoms with Crippen LogP contribution in [-0.4, -0.2) is 43.0 Å². The highest BCUT2D eigenvalue weighted by atomic mass is 35.5. The summed E-state index contributed by atoms with van der Waals surface area (Å²) in [5.41, 5.74) is 9.30. The minimum absolute atomic E-state index is 0. The molecule has 2 aliphatic heterocycles. The Balaban J connectivity index is 0.00000156. The molecule has 6 heteroatoms. The van der Waals surface area contributed by atoms with E-state index in [-0.39, 0.29) is 42.2 Å². The van der Waals surface area contributed by atoms with Crippen LogP contribution in [0.1, 0.15) is 49.0 Å². The SMILES string of the molecule is Cc1ccc(N2CCCC2)c(C(=O)N2CCC(N)C(C)(C)C2)c1.Cl.Cl. The highest BCUT2D eigenvalue weighted by molar-refractivity contribution is 6.00. The summed E-state index contributed by atoms with van der Waals surface area (Å²) in [4.78, 5) is 17.5. The molecule has 2 saturated heterocycles. The number of piperidine rings is 1. The number of aryl methyl sites for hydroxylation is 1. The highest BCUT2D eigenvalue weighted by Crippen LogP contribution is 2.31. The fraction of sp³-hybridized carbons (Fsp3) is 0.632. The predicted octanol–water partition coefficient (Wildman–Crippen LogP) is 3.64. The highest BCUT2D eigenvalue weighted by Gasteiger charge is 2.36. The number of amides is 1. The Bertz CT molecular complexity index is 600. The zero-order chi connectivity index (χ0) is 16.6. The smallest absolute Gasteiger partial charge is 0.255 e. The topological polar surface area (TPSA) is 49.6 Å². The predicted molar refractivity (Wildman–Crippen MR) is 109 cm³/mol. The molecular formula is C19H31Cl2N3O. The molecule has 4 nitrogen and oxygen atoms in total. The Hall–Kier alpha value is -0.970. The van der Waals surface area contributed by atoms with E-state index in [1.165, 1.54) is 12.8 Å². The lowest BCUT2D eigenvalue weighted by Gasteiger charge is -2.43. The first-order chi connectivity index (χ1) is 10.9. The third-order valence-electron chi connectivity index (χ3n) is 5.43. The molecule has 1 unspecified atom stereocenters. The lowest BCUT2D eigenvalue weighted by atomic mass is 9.79. The molecule has 1 atom stereocenters. The summed E-state index contributed by atoms with van der Waals surface area (Å²) in [5.74, 6) is 0.163. The molecular weight excluding hydrogens is 357 g/mol. The van der Waals surface area contributed by atoms with Crippen LogP contribution in [0.3, 0.4) is 0 Å². The second-order valence-electron chi connectivity index (χ2n) is 7.83. The van der Waals surface area contributed by atoms with Gasteiger partial charge in [-0.05, 0) is 43.7 Å². The Morgan fingerprint density at radius 1 is 1.16 bits per heavy atom. The Labute approximate surface area is 163 Å². The number of carbonyl (C=O) groups is 1. The number of hydrogen-bond acceptors (Lipinski definition) is 3. The minimum atomic E-state index is -0.0223. The third-order valence-corrected chi connectivity index (χ3v) is 5.43. The van der Waals surface area contributed by atoms with E-state index in [1.807, 2.05) is 4.90 Å². The van der Waals surface area contributed by atoms with Gasteiger partial charge in [-0.2, -0.15) is 0 Å². The summed E-state index contributed by atoms with van der Waals surface area (Å²) in [6.07, 6.45) is 3.31. The molecule has 0 radical (unpaired) electrons. The number of halogens is 2. The average Bonchev–Trinajstić information content (AvgIpc) is 3.03. The fourth-order valence-electron chi connectivity index (χ4n) is 3.77. The third kappa shape index (κ3) is 4.60. The normalized spacial score (nSPS) is 22.2. The summed E-state index contributed by atoms with van der Waals surface area (Å²) in [5, 5.41) is 0. The monoisotopic (exact) mass is 387 g/mol. The van der Waals surface area contributed by atoms with Crippen molar-refractivity contribution in [2.45, 2.75) is 46.1 Å². The van der Waals surface area contributed by atoms with Gasteiger partial charge in [0.2, 0.25) is 0 Å². The molecule has 25 heavy (non-hydrogen) atoms. The lowest BCUT2D eigenvalue weighted by molar-refractivity contribution is 0.0533. The van der Waals surface area contributed by atoms with E-state index in [9.17, 15) is 4.79 Å². The standard InChI is InChI=1S/C19H29N3O.2ClH/c1-14-6-7-16(21-9-4-5-10-21)15(12-14)18(23)22-11-8-17(20)19(2,3)13-22;;/h6-7,12,17H,4-5,8-11,13,20H2,1-3H3;2*1H. The van der Waals surface area contributed by atoms with Crippen molar-refractivity contribution in [1.82, 2.24) is 4.90 Å². The van der Waals surface area contributed by atoms with Gasteiger partial charge < -0.3 is 15.5 Å². The Morgan fingerprint density at radius 2 is 1.80 bits per heavy atom. The molecule has 2 N–H and O–H groups in total. The van der Waals surface area contributed by atoms with Gasteiger partial charge in [0.1, 0.15) is 0 Å². The average molecular weight is 388 g/mol. The van der Waals surface area contributed by atoms with Crippen molar-refractivity contribution >= 4 is 36.4 Å². The number of likely N-dealkylation sites (tertiary alicyclic amines) is 1. The van der Waals surface area contributed by atoms with E-state index in [0.717, 1.165) is 49.4 Å². The molecule has 0 bridgehead atoms. The van der Waals surface area contributed by atoms with Crippen molar-refractivity contribution in [3.8, 4) is 0 Å². The molecule has 2 aliphatic rings. The summed E-state index contributed by atoms with van der Waals surface area (Å²) in [7, 11) is 0. The maximum atomic E-state index is 13.2. The molecule has 0 aromatic heterocycles. The van der Waals surface area contributed by atoms with Crippen LogP contribution in [-0.2, 0) is 0 Å². The Kier molecular flexibility index (Phi) is 7.60. The first-order valence-corrected chi connectivity index (χ1v) is 8.79. The maximum absolute atomic E-state index is 13.2. The number of anilines is 1. The van der Waals surface area contributed by atoms with Crippen molar-refractivity contribution in [1.29, 1.82) is 0 Å². The molecule has 1 amide bonds. The number of hydrogen-bond donors (Lipinski definition) is 1. The van der Waals surface area contributed by atoms with Gasteiger partial charge in [0, 0.05) is 37.9 Å². The molecule has 1 aromatic carbocycles. The van der Waals surface area contributed by atoms with E-state index in [2.05, 4.69) is 43.9 Å².